The van der Waals surface area contributed by atoms with E-state index >= 15 is 0 Å². The highest BCUT2D eigenvalue weighted by Crippen LogP contribution is 2.39. The lowest BCUT2D eigenvalue weighted by molar-refractivity contribution is -0.114. The molecule has 1 aromatic carbocycles. The highest BCUT2D eigenvalue weighted by molar-refractivity contribution is 7.13. The normalized spacial score (nSPS) is 13.0. The number of carbonyl (C=O) groups excluding carboxylic acids is 2. The standard InChI is InChI=1S/C23H18N4O3S/c1-13(22(24)29)11-26-12-17-15(4-5-19(28)21(17)23(26)30)14-6-7-27-18(9-14)16(10-25-27)20-3-2-8-31-20/h2-10,28H,1,11-12H2,(H2,24,29). The first kappa shape index (κ1) is 19.1. The van der Waals surface area contributed by atoms with E-state index in [9.17, 15) is 14.7 Å². The zero-order chi connectivity index (χ0) is 21.7. The number of nitrogens with two attached hydrogens (primary N) is 1. The first-order valence-electron chi connectivity index (χ1n) is 9.57. The van der Waals surface area contributed by atoms with Gasteiger partial charge in [0.2, 0.25) is 5.91 Å². The number of hydrogen-bond donors (Lipinski definition) is 2. The number of aromatic nitrogens is 2. The molecule has 3 aromatic heterocycles. The topological polar surface area (TPSA) is 101 Å². The van der Waals surface area contributed by atoms with Crippen LogP contribution in [0.4, 0.5) is 0 Å². The van der Waals surface area contributed by atoms with Crippen molar-refractivity contribution in [3.05, 3.63) is 77.5 Å². The molecule has 0 saturated heterocycles. The van der Waals surface area contributed by atoms with E-state index in [0.29, 0.717) is 5.56 Å². The monoisotopic (exact) mass is 430 g/mol. The van der Waals surface area contributed by atoms with Crippen molar-refractivity contribution in [2.75, 3.05) is 6.54 Å². The third kappa shape index (κ3) is 3.08. The number of pyridine rings is 1. The van der Waals surface area contributed by atoms with E-state index in [-0.39, 0.29) is 35.9 Å². The van der Waals surface area contributed by atoms with Gasteiger partial charge >= 0.3 is 0 Å². The number of primary amides is 1. The molecule has 1 aliphatic rings. The van der Waals surface area contributed by atoms with E-state index in [1.54, 1.807) is 17.4 Å². The SMILES string of the molecule is C=C(CN1Cc2c(-c3ccn4ncc(-c5cccs5)c4c3)ccc(O)c2C1=O)C(N)=O. The van der Waals surface area contributed by atoms with Crippen molar-refractivity contribution < 1.29 is 14.7 Å². The first-order valence-corrected chi connectivity index (χ1v) is 10.5. The molecule has 2 amide bonds. The van der Waals surface area contributed by atoms with Crippen molar-refractivity contribution >= 4 is 28.7 Å². The summed E-state index contributed by atoms with van der Waals surface area (Å²) >= 11 is 1.64. The number of carbonyl (C=O) groups is 2. The maximum Gasteiger partial charge on any atom is 0.258 e. The lowest BCUT2D eigenvalue weighted by atomic mass is 9.96. The second-order valence-electron chi connectivity index (χ2n) is 7.40. The Morgan fingerprint density at radius 1 is 1.26 bits per heavy atom. The van der Waals surface area contributed by atoms with Gasteiger partial charge in [0.15, 0.2) is 0 Å². The van der Waals surface area contributed by atoms with Crippen LogP contribution in [0.25, 0.3) is 27.1 Å². The van der Waals surface area contributed by atoms with Crippen LogP contribution in [-0.4, -0.2) is 38.0 Å². The molecule has 1 aliphatic heterocycles. The van der Waals surface area contributed by atoms with E-state index < -0.39 is 5.91 Å². The molecule has 0 saturated carbocycles. The van der Waals surface area contributed by atoms with Crippen LogP contribution in [0, 0.1) is 0 Å². The van der Waals surface area contributed by atoms with Gasteiger partial charge in [-0.15, -0.1) is 11.3 Å². The quantitative estimate of drug-likeness (QED) is 0.474. The summed E-state index contributed by atoms with van der Waals surface area (Å²) in [7, 11) is 0. The molecule has 0 atom stereocenters. The Bertz CT molecular complexity index is 1370. The largest absolute Gasteiger partial charge is 0.507 e. The Morgan fingerprint density at radius 3 is 2.84 bits per heavy atom. The molecule has 0 fully saturated rings. The number of fused-ring (bicyclic) bond motifs is 2. The highest BCUT2D eigenvalue weighted by Gasteiger charge is 2.33. The molecule has 31 heavy (non-hydrogen) atoms. The maximum absolute atomic E-state index is 12.9. The van der Waals surface area contributed by atoms with Crippen molar-refractivity contribution in [1.82, 2.24) is 14.5 Å². The van der Waals surface area contributed by atoms with Crippen LogP contribution in [0.3, 0.4) is 0 Å². The molecule has 154 valence electrons. The van der Waals surface area contributed by atoms with E-state index in [0.717, 1.165) is 27.1 Å². The molecule has 4 heterocycles. The summed E-state index contributed by atoms with van der Waals surface area (Å²) < 4.78 is 1.81. The van der Waals surface area contributed by atoms with E-state index in [1.165, 1.54) is 11.0 Å². The number of nitrogens with zero attached hydrogens (tertiary/aromatic N) is 3. The molecule has 5 rings (SSSR count). The Labute approximate surface area is 181 Å². The smallest absolute Gasteiger partial charge is 0.258 e. The predicted molar refractivity (Wildman–Crippen MR) is 119 cm³/mol. The minimum atomic E-state index is -0.652. The van der Waals surface area contributed by atoms with Crippen LogP contribution in [-0.2, 0) is 11.3 Å². The van der Waals surface area contributed by atoms with Gasteiger partial charge in [0, 0.05) is 28.8 Å². The third-order valence-electron chi connectivity index (χ3n) is 5.49. The summed E-state index contributed by atoms with van der Waals surface area (Å²) in [6.45, 7) is 3.92. The lowest BCUT2D eigenvalue weighted by Crippen LogP contribution is -2.30. The molecule has 8 heteroatoms. The van der Waals surface area contributed by atoms with Gasteiger partial charge in [-0.05, 0) is 46.3 Å². The van der Waals surface area contributed by atoms with Crippen LogP contribution in [0.1, 0.15) is 15.9 Å². The van der Waals surface area contributed by atoms with Crippen LogP contribution in [0.15, 0.2) is 66.3 Å². The molecule has 7 nitrogen and oxygen atoms in total. The Kier molecular flexibility index (Phi) is 4.37. The second-order valence-corrected chi connectivity index (χ2v) is 8.34. The van der Waals surface area contributed by atoms with Gasteiger partial charge in [-0.1, -0.05) is 18.7 Å². The van der Waals surface area contributed by atoms with E-state index in [2.05, 4.69) is 17.7 Å². The number of phenols is 1. The van der Waals surface area contributed by atoms with Gasteiger partial charge in [0.1, 0.15) is 5.75 Å². The minimum Gasteiger partial charge on any atom is -0.507 e. The van der Waals surface area contributed by atoms with Crippen molar-refractivity contribution in [2.24, 2.45) is 5.73 Å². The van der Waals surface area contributed by atoms with Crippen molar-refractivity contribution in [2.45, 2.75) is 6.54 Å². The van der Waals surface area contributed by atoms with Gasteiger partial charge in [0.05, 0.1) is 23.8 Å². The van der Waals surface area contributed by atoms with Gasteiger partial charge in [-0.25, -0.2) is 4.52 Å². The van der Waals surface area contributed by atoms with Crippen molar-refractivity contribution in [1.29, 1.82) is 0 Å². The number of hydrogen-bond acceptors (Lipinski definition) is 5. The Hall–Kier alpha value is -3.91. The van der Waals surface area contributed by atoms with Crippen LogP contribution in [0.2, 0.25) is 0 Å². The number of benzene rings is 1. The zero-order valence-corrected chi connectivity index (χ0v) is 17.2. The molecule has 0 aliphatic carbocycles. The first-order chi connectivity index (χ1) is 14.9. The van der Waals surface area contributed by atoms with Crippen LogP contribution in [0.5, 0.6) is 5.75 Å². The molecule has 3 N–H and O–H groups in total. The van der Waals surface area contributed by atoms with Gasteiger partial charge < -0.3 is 15.7 Å². The molecule has 4 aromatic rings. The fourth-order valence-corrected chi connectivity index (χ4v) is 4.68. The summed E-state index contributed by atoms with van der Waals surface area (Å²) in [4.78, 5) is 26.9. The summed E-state index contributed by atoms with van der Waals surface area (Å²) in [6.07, 6.45) is 3.72. The lowest BCUT2D eigenvalue weighted by Gasteiger charge is -2.15. The van der Waals surface area contributed by atoms with Crippen molar-refractivity contribution in [3.8, 4) is 27.3 Å². The molecule has 0 unspecified atom stereocenters. The number of thiophene rings is 1. The fraction of sp³-hybridized carbons (Fsp3) is 0.0870. The van der Waals surface area contributed by atoms with E-state index in [4.69, 9.17) is 5.73 Å². The number of aromatic hydroxyl groups is 1. The van der Waals surface area contributed by atoms with Gasteiger partial charge in [-0.3, -0.25) is 9.59 Å². The molecule has 0 radical (unpaired) electrons. The van der Waals surface area contributed by atoms with Crippen molar-refractivity contribution in [3.63, 3.8) is 0 Å². The second kappa shape index (κ2) is 7.10. The van der Waals surface area contributed by atoms with Gasteiger partial charge in [0.25, 0.3) is 5.91 Å². The van der Waals surface area contributed by atoms with Crippen LogP contribution < -0.4 is 5.73 Å². The molecule has 0 bridgehead atoms. The predicted octanol–water partition coefficient (Wildman–Crippen LogP) is 3.43. The zero-order valence-electron chi connectivity index (χ0n) is 16.4. The summed E-state index contributed by atoms with van der Waals surface area (Å²) in [5, 5.41) is 16.8. The average Bonchev–Trinajstić information content (AvgIpc) is 3.47. The number of phenolic OH excluding ortho intramolecular Hbond substituents is 1. The number of amides is 2. The highest BCUT2D eigenvalue weighted by atomic mass is 32.1. The van der Waals surface area contributed by atoms with E-state index in [1.807, 2.05) is 40.5 Å². The van der Waals surface area contributed by atoms with Gasteiger partial charge in [-0.2, -0.15) is 5.10 Å². The molecular formula is C23H18N4O3S. The Morgan fingerprint density at radius 2 is 2.10 bits per heavy atom. The maximum atomic E-state index is 12.9. The Balaban J connectivity index is 1.60. The number of rotatable bonds is 5. The molecule has 0 spiro atoms. The fourth-order valence-electron chi connectivity index (χ4n) is 3.94. The third-order valence-corrected chi connectivity index (χ3v) is 6.39. The summed E-state index contributed by atoms with van der Waals surface area (Å²) in [5.41, 5.74) is 10.1. The van der Waals surface area contributed by atoms with Crippen LogP contribution >= 0.6 is 11.3 Å². The summed E-state index contributed by atoms with van der Waals surface area (Å²) in [5.74, 6) is -1.08. The minimum absolute atomic E-state index is 0.0198. The molecular weight excluding hydrogens is 412 g/mol. The average molecular weight is 430 g/mol. The summed E-state index contributed by atoms with van der Waals surface area (Å²) in [6, 6.07) is 11.3.